The van der Waals surface area contributed by atoms with Crippen molar-refractivity contribution in [1.29, 1.82) is 0 Å². The van der Waals surface area contributed by atoms with E-state index in [1.807, 2.05) is 47.4 Å². The van der Waals surface area contributed by atoms with Crippen LogP contribution in [0.4, 0.5) is 0 Å². The molecule has 0 bridgehead atoms. The van der Waals surface area contributed by atoms with Gasteiger partial charge in [-0.1, -0.05) is 18.2 Å². The van der Waals surface area contributed by atoms with E-state index in [-0.39, 0.29) is 12.5 Å². The van der Waals surface area contributed by atoms with E-state index >= 15 is 0 Å². The quantitative estimate of drug-likeness (QED) is 0.683. The third kappa shape index (κ3) is 3.42. The number of imidazole rings is 1. The van der Waals surface area contributed by atoms with Gasteiger partial charge in [-0.05, 0) is 31.2 Å². The van der Waals surface area contributed by atoms with Crippen molar-refractivity contribution in [1.82, 2.24) is 19.2 Å². The molecule has 0 saturated carbocycles. The number of hydrogen-bond acceptors (Lipinski definition) is 5. The molecule has 0 spiro atoms. The summed E-state index contributed by atoms with van der Waals surface area (Å²) in [7, 11) is 0. The number of rotatable bonds is 3. The predicted molar refractivity (Wildman–Crippen MR) is 108 cm³/mol. The molecule has 2 aromatic heterocycles. The van der Waals surface area contributed by atoms with Crippen LogP contribution in [0.15, 0.2) is 48.7 Å². The fourth-order valence-corrected chi connectivity index (χ4v) is 4.04. The van der Waals surface area contributed by atoms with Crippen LogP contribution in [-0.4, -0.2) is 64.0 Å². The third-order valence-electron chi connectivity index (χ3n) is 5.67. The number of carbonyl (C=O) groups is 1. The maximum absolute atomic E-state index is 12.9. The number of carbonyl (C=O) groups excluding carboxylic acids is 1. The molecule has 3 aromatic rings. The number of hydrogen-bond donors (Lipinski definition) is 0. The minimum atomic E-state index is -0.572. The third-order valence-corrected chi connectivity index (χ3v) is 5.67. The van der Waals surface area contributed by atoms with Crippen LogP contribution in [0, 0.1) is 6.92 Å². The molecule has 1 saturated heterocycles. The van der Waals surface area contributed by atoms with Gasteiger partial charge in [0.1, 0.15) is 12.3 Å². The molecule has 2 aliphatic heterocycles. The zero-order valence-corrected chi connectivity index (χ0v) is 16.5. The van der Waals surface area contributed by atoms with Gasteiger partial charge >= 0.3 is 0 Å². The first-order chi connectivity index (χ1) is 14.2. The van der Waals surface area contributed by atoms with Crippen LogP contribution in [0.25, 0.3) is 5.65 Å². The van der Waals surface area contributed by atoms with E-state index in [1.54, 1.807) is 0 Å². The molecule has 1 unspecified atom stereocenters. The Morgan fingerprint density at radius 1 is 1.07 bits per heavy atom. The maximum Gasteiger partial charge on any atom is 0.267 e. The summed E-state index contributed by atoms with van der Waals surface area (Å²) in [4.78, 5) is 21.8. The standard InChI is InChI=1S/C22H24N4O3/c1-16-17(26-9-5-4-8-21(26)23-16)14-24-10-12-25(13-11-24)22(27)20-15-28-18-6-2-3-7-19(18)29-20/h2-9,20H,10-15H2,1H3. The Hall–Kier alpha value is -3.06. The van der Waals surface area contributed by atoms with Gasteiger partial charge < -0.3 is 18.8 Å². The molecule has 0 N–H and O–H groups in total. The largest absolute Gasteiger partial charge is 0.485 e. The molecule has 7 nitrogen and oxygen atoms in total. The lowest BCUT2D eigenvalue weighted by Crippen LogP contribution is -2.53. The Labute approximate surface area is 169 Å². The zero-order valence-electron chi connectivity index (χ0n) is 16.5. The molecule has 1 fully saturated rings. The fourth-order valence-electron chi connectivity index (χ4n) is 4.04. The predicted octanol–water partition coefficient (Wildman–Crippen LogP) is 2.13. The lowest BCUT2D eigenvalue weighted by molar-refractivity contribution is -0.143. The van der Waals surface area contributed by atoms with Gasteiger partial charge in [0.15, 0.2) is 11.5 Å². The molecule has 0 aliphatic carbocycles. The van der Waals surface area contributed by atoms with E-state index < -0.39 is 6.10 Å². The molecule has 1 amide bonds. The number of para-hydroxylation sites is 2. The maximum atomic E-state index is 12.9. The van der Waals surface area contributed by atoms with Gasteiger partial charge in [-0.15, -0.1) is 0 Å². The van der Waals surface area contributed by atoms with Gasteiger partial charge in [-0.2, -0.15) is 0 Å². The number of amides is 1. The molecule has 2 aliphatic rings. The minimum absolute atomic E-state index is 0.00476. The SMILES string of the molecule is Cc1nc2ccccn2c1CN1CCN(C(=O)C2COc3ccccc3O2)CC1. The molecule has 0 radical (unpaired) electrons. The molecule has 150 valence electrons. The summed E-state index contributed by atoms with van der Waals surface area (Å²) in [5.74, 6) is 1.34. The fraction of sp³-hybridized carbons (Fsp3) is 0.364. The Morgan fingerprint density at radius 2 is 1.83 bits per heavy atom. The van der Waals surface area contributed by atoms with Crippen molar-refractivity contribution >= 4 is 11.6 Å². The Kier molecular flexibility index (Phi) is 4.60. The number of benzene rings is 1. The van der Waals surface area contributed by atoms with Crippen molar-refractivity contribution in [3.05, 3.63) is 60.0 Å². The molecule has 29 heavy (non-hydrogen) atoms. The highest BCUT2D eigenvalue weighted by Crippen LogP contribution is 2.31. The summed E-state index contributed by atoms with van der Waals surface area (Å²) in [6.07, 6.45) is 1.49. The van der Waals surface area contributed by atoms with Crippen molar-refractivity contribution in [2.24, 2.45) is 0 Å². The lowest BCUT2D eigenvalue weighted by atomic mass is 10.2. The van der Waals surface area contributed by atoms with E-state index in [0.717, 1.165) is 31.0 Å². The normalized spacial score (nSPS) is 19.5. The van der Waals surface area contributed by atoms with Gasteiger partial charge in [-0.25, -0.2) is 4.98 Å². The summed E-state index contributed by atoms with van der Waals surface area (Å²) < 4.78 is 13.7. The van der Waals surface area contributed by atoms with Crippen molar-refractivity contribution < 1.29 is 14.3 Å². The number of pyridine rings is 1. The molecule has 1 aromatic carbocycles. The van der Waals surface area contributed by atoms with Crippen LogP contribution in [0.2, 0.25) is 0 Å². The molecule has 7 heteroatoms. The Morgan fingerprint density at radius 3 is 2.66 bits per heavy atom. The first-order valence-electron chi connectivity index (χ1n) is 10.0. The first-order valence-corrected chi connectivity index (χ1v) is 10.0. The van der Waals surface area contributed by atoms with Crippen LogP contribution in [0.3, 0.4) is 0 Å². The summed E-state index contributed by atoms with van der Waals surface area (Å²) in [5, 5.41) is 0. The van der Waals surface area contributed by atoms with E-state index in [9.17, 15) is 4.79 Å². The molecular formula is C22H24N4O3. The average molecular weight is 392 g/mol. The average Bonchev–Trinajstić information content (AvgIpc) is 3.08. The zero-order chi connectivity index (χ0) is 19.8. The van der Waals surface area contributed by atoms with Crippen molar-refractivity contribution in [3.63, 3.8) is 0 Å². The van der Waals surface area contributed by atoms with Crippen LogP contribution < -0.4 is 9.47 Å². The monoisotopic (exact) mass is 392 g/mol. The van der Waals surface area contributed by atoms with E-state index in [0.29, 0.717) is 24.6 Å². The second-order valence-corrected chi connectivity index (χ2v) is 7.54. The van der Waals surface area contributed by atoms with Gasteiger partial charge in [0.25, 0.3) is 5.91 Å². The summed E-state index contributed by atoms with van der Waals surface area (Å²) in [5.41, 5.74) is 3.24. The topological polar surface area (TPSA) is 59.3 Å². The lowest BCUT2D eigenvalue weighted by Gasteiger charge is -2.37. The van der Waals surface area contributed by atoms with Crippen molar-refractivity contribution in [2.75, 3.05) is 32.8 Å². The smallest absolute Gasteiger partial charge is 0.267 e. The number of aryl methyl sites for hydroxylation is 1. The highest BCUT2D eigenvalue weighted by molar-refractivity contribution is 5.82. The Balaban J connectivity index is 1.21. The van der Waals surface area contributed by atoms with Crippen LogP contribution in [-0.2, 0) is 11.3 Å². The highest BCUT2D eigenvalue weighted by Gasteiger charge is 2.32. The van der Waals surface area contributed by atoms with Gasteiger partial charge in [0, 0.05) is 38.9 Å². The molecular weight excluding hydrogens is 368 g/mol. The van der Waals surface area contributed by atoms with Crippen LogP contribution >= 0.6 is 0 Å². The van der Waals surface area contributed by atoms with Gasteiger partial charge in [0.2, 0.25) is 6.10 Å². The Bertz CT molecular complexity index is 1040. The number of fused-ring (bicyclic) bond motifs is 2. The second-order valence-electron chi connectivity index (χ2n) is 7.54. The summed E-state index contributed by atoms with van der Waals surface area (Å²) in [6, 6.07) is 13.5. The first kappa shape index (κ1) is 18.0. The summed E-state index contributed by atoms with van der Waals surface area (Å²) >= 11 is 0. The van der Waals surface area contributed by atoms with E-state index in [1.165, 1.54) is 5.69 Å². The van der Waals surface area contributed by atoms with Crippen LogP contribution in [0.1, 0.15) is 11.4 Å². The van der Waals surface area contributed by atoms with Crippen LogP contribution in [0.5, 0.6) is 11.5 Å². The van der Waals surface area contributed by atoms with E-state index in [4.69, 9.17) is 9.47 Å². The van der Waals surface area contributed by atoms with Crippen molar-refractivity contribution in [3.8, 4) is 11.5 Å². The number of ether oxygens (including phenoxy) is 2. The second kappa shape index (κ2) is 7.40. The number of nitrogens with zero attached hydrogens (tertiary/aromatic N) is 4. The molecule has 1 atom stereocenters. The highest BCUT2D eigenvalue weighted by atomic mass is 16.6. The summed E-state index contributed by atoms with van der Waals surface area (Å²) in [6.45, 7) is 6.18. The van der Waals surface area contributed by atoms with E-state index in [2.05, 4.69) is 27.4 Å². The van der Waals surface area contributed by atoms with Crippen molar-refractivity contribution in [2.45, 2.75) is 19.6 Å². The number of aromatic nitrogens is 2. The molecule has 4 heterocycles. The minimum Gasteiger partial charge on any atom is -0.485 e. The molecule has 5 rings (SSSR count). The van der Waals surface area contributed by atoms with Gasteiger partial charge in [-0.3, -0.25) is 9.69 Å². The number of piperazine rings is 1. The van der Waals surface area contributed by atoms with Gasteiger partial charge in [0.05, 0.1) is 11.4 Å².